The standard InChI is InChI=1S/C11H18N2O12P2.3Na/c1-23-5-2-13(11(17)12-9(5)16)10-8(15)7(14)6(25-10)3-24-27(21,22)4-26(18,19)20;;;/h2,6-8,10,14-15H,3-4H2,1H3,(H,21,22)(H,12,16,17)(H2,18,19,20);;;/q;3*+1/p-3/t6-,7-,8-,10-;;;/m1.../s1. The second-order valence-electron chi connectivity index (χ2n) is 5.57. The van der Waals surface area contributed by atoms with E-state index in [1.54, 1.807) is 0 Å². The molecule has 5 atom stereocenters. The van der Waals surface area contributed by atoms with Gasteiger partial charge in [-0.25, -0.2) is 4.79 Å². The molecule has 154 valence electrons. The fraction of sp³-hybridized carbons (Fsp3) is 0.636. The molecule has 1 unspecified atom stereocenters. The van der Waals surface area contributed by atoms with E-state index >= 15 is 0 Å². The molecule has 0 spiro atoms. The van der Waals surface area contributed by atoms with Gasteiger partial charge >= 0.3 is 94.4 Å². The quantitative estimate of drug-likeness (QED) is 0.235. The van der Waals surface area contributed by atoms with E-state index in [1.807, 2.05) is 4.98 Å². The number of aromatic amines is 1. The van der Waals surface area contributed by atoms with E-state index in [2.05, 4.69) is 4.52 Å². The zero-order valence-electron chi connectivity index (χ0n) is 16.6. The summed E-state index contributed by atoms with van der Waals surface area (Å²) < 4.78 is 37.0. The first-order chi connectivity index (χ1) is 12.3. The van der Waals surface area contributed by atoms with Gasteiger partial charge in [-0.05, 0) is 0 Å². The Kier molecular flexibility index (Phi) is 15.2. The maximum atomic E-state index is 11.9. The van der Waals surface area contributed by atoms with E-state index < -0.39 is 63.5 Å². The van der Waals surface area contributed by atoms with E-state index in [9.17, 15) is 43.6 Å². The monoisotopic (exact) mass is 498 g/mol. The minimum atomic E-state index is -5.40. The minimum Gasteiger partial charge on any atom is -0.810 e. The number of hydrogen-bond donors (Lipinski definition) is 3. The summed E-state index contributed by atoms with van der Waals surface area (Å²) in [5, 5.41) is 20.0. The second-order valence-corrected chi connectivity index (χ2v) is 9.40. The Labute approximate surface area is 235 Å². The van der Waals surface area contributed by atoms with Crippen molar-refractivity contribution in [2.45, 2.75) is 24.5 Å². The largest absolute Gasteiger partial charge is 1.00 e. The molecule has 30 heavy (non-hydrogen) atoms. The van der Waals surface area contributed by atoms with Crippen LogP contribution in [0.4, 0.5) is 0 Å². The zero-order valence-corrected chi connectivity index (χ0v) is 24.4. The normalized spacial score (nSPS) is 25.3. The van der Waals surface area contributed by atoms with Crippen molar-refractivity contribution in [3.8, 4) is 5.75 Å². The number of hydrogen-bond acceptors (Lipinski definition) is 12. The number of nitrogens with zero attached hydrogens (tertiary/aromatic N) is 1. The van der Waals surface area contributed by atoms with Crippen molar-refractivity contribution < 1.29 is 137 Å². The summed E-state index contributed by atoms with van der Waals surface area (Å²) in [4.78, 5) is 57.8. The zero-order chi connectivity index (χ0) is 20.6. The fourth-order valence-electron chi connectivity index (χ4n) is 2.34. The van der Waals surface area contributed by atoms with Crippen LogP contribution in [0.1, 0.15) is 6.23 Å². The molecule has 0 aliphatic carbocycles. The molecule has 19 heteroatoms. The van der Waals surface area contributed by atoms with Gasteiger partial charge in [-0.1, -0.05) is 7.60 Å². The van der Waals surface area contributed by atoms with Gasteiger partial charge in [0.2, 0.25) is 5.75 Å². The minimum absolute atomic E-state index is 0. The third-order valence-electron chi connectivity index (χ3n) is 3.55. The van der Waals surface area contributed by atoms with Crippen LogP contribution in [0.2, 0.25) is 0 Å². The van der Waals surface area contributed by atoms with Crippen LogP contribution in [0.25, 0.3) is 0 Å². The van der Waals surface area contributed by atoms with Crippen LogP contribution in [0.5, 0.6) is 5.75 Å². The van der Waals surface area contributed by atoms with Gasteiger partial charge in [0, 0.05) is 5.90 Å². The van der Waals surface area contributed by atoms with Gasteiger partial charge in [-0.15, -0.1) is 0 Å². The number of nitrogens with one attached hydrogen (secondary N) is 1. The Hall–Kier alpha value is 1.66. The van der Waals surface area contributed by atoms with Crippen molar-refractivity contribution >= 4 is 15.2 Å². The molecule has 14 nitrogen and oxygen atoms in total. The Bertz CT molecular complexity index is 904. The van der Waals surface area contributed by atoms with Crippen LogP contribution in [-0.4, -0.2) is 57.7 Å². The van der Waals surface area contributed by atoms with E-state index in [0.717, 1.165) is 13.3 Å². The molecule has 1 aliphatic heterocycles. The molecule has 1 fully saturated rings. The fourth-order valence-corrected chi connectivity index (χ4v) is 4.74. The molecule has 0 amide bonds. The Morgan fingerprint density at radius 1 is 1.17 bits per heavy atom. The Morgan fingerprint density at radius 3 is 2.23 bits per heavy atom. The molecule has 1 aliphatic rings. The molecule has 0 saturated carbocycles. The van der Waals surface area contributed by atoms with E-state index in [-0.39, 0.29) is 94.4 Å². The number of ether oxygens (including phenoxy) is 2. The first-order valence-corrected chi connectivity index (χ1v) is 10.7. The first kappa shape index (κ1) is 33.8. The average Bonchev–Trinajstić information content (AvgIpc) is 2.79. The Morgan fingerprint density at radius 2 is 1.73 bits per heavy atom. The topological polar surface area (TPSA) is 226 Å². The van der Waals surface area contributed by atoms with Crippen molar-refractivity contribution in [1.82, 2.24) is 9.55 Å². The predicted molar refractivity (Wildman–Crippen MR) is 79.8 cm³/mol. The molecule has 2 heterocycles. The molecular formula is C11H15N2Na3O12P2. The number of methoxy groups -OCH3 is 1. The van der Waals surface area contributed by atoms with Gasteiger partial charge in [0.1, 0.15) is 25.9 Å². The maximum Gasteiger partial charge on any atom is 1.00 e. The smallest absolute Gasteiger partial charge is 0.810 e. The molecule has 1 saturated heterocycles. The molecule has 0 aromatic carbocycles. The number of H-pyrrole nitrogens is 1. The van der Waals surface area contributed by atoms with Crippen LogP contribution in [0.3, 0.4) is 0 Å². The van der Waals surface area contributed by atoms with E-state index in [0.29, 0.717) is 4.57 Å². The second kappa shape index (κ2) is 13.5. The van der Waals surface area contributed by atoms with Crippen LogP contribution >= 0.6 is 15.2 Å². The summed E-state index contributed by atoms with van der Waals surface area (Å²) in [6.45, 7) is -0.926. The van der Waals surface area contributed by atoms with E-state index in [1.165, 1.54) is 0 Å². The van der Waals surface area contributed by atoms with Crippen molar-refractivity contribution in [1.29, 1.82) is 0 Å². The molecule has 0 radical (unpaired) electrons. The van der Waals surface area contributed by atoms with Gasteiger partial charge in [-0.2, -0.15) is 0 Å². The predicted octanol–water partition coefficient (Wildman–Crippen LogP) is -13.4. The summed E-state index contributed by atoms with van der Waals surface area (Å²) >= 11 is 0. The van der Waals surface area contributed by atoms with Crippen LogP contribution in [0, 0.1) is 0 Å². The van der Waals surface area contributed by atoms with Crippen molar-refractivity contribution in [3.63, 3.8) is 0 Å². The molecule has 1 aromatic rings. The molecular weight excluding hydrogens is 483 g/mol. The first-order valence-electron chi connectivity index (χ1n) is 7.21. The van der Waals surface area contributed by atoms with Gasteiger partial charge in [-0.3, -0.25) is 14.3 Å². The van der Waals surface area contributed by atoms with Crippen LogP contribution < -0.4 is 119 Å². The molecule has 1 aromatic heterocycles. The van der Waals surface area contributed by atoms with Crippen LogP contribution in [0.15, 0.2) is 15.8 Å². The maximum absolute atomic E-state index is 11.9. The van der Waals surface area contributed by atoms with Crippen molar-refractivity contribution in [3.05, 3.63) is 27.0 Å². The van der Waals surface area contributed by atoms with E-state index in [4.69, 9.17) is 9.47 Å². The molecule has 2 rings (SSSR count). The third kappa shape index (κ3) is 9.13. The number of aliphatic hydroxyl groups is 2. The Balaban J connectivity index is 0. The number of aromatic nitrogens is 2. The summed E-state index contributed by atoms with van der Waals surface area (Å²) in [6.07, 6.45) is -5.58. The number of rotatable bonds is 7. The summed E-state index contributed by atoms with van der Waals surface area (Å²) in [6, 6.07) is 0. The third-order valence-corrected chi connectivity index (χ3v) is 6.86. The summed E-state index contributed by atoms with van der Waals surface area (Å²) in [5.41, 5.74) is -1.86. The molecule has 3 N–H and O–H groups in total. The summed E-state index contributed by atoms with van der Waals surface area (Å²) in [7, 11) is -9.34. The van der Waals surface area contributed by atoms with Gasteiger partial charge in [0.05, 0.1) is 19.9 Å². The number of aliphatic hydroxyl groups excluding tert-OH is 2. The van der Waals surface area contributed by atoms with Gasteiger partial charge in [0.25, 0.3) is 5.56 Å². The van der Waals surface area contributed by atoms with Crippen LogP contribution in [-0.2, 0) is 18.4 Å². The summed E-state index contributed by atoms with van der Waals surface area (Å²) in [5.74, 6) is -2.07. The molecule has 0 bridgehead atoms. The van der Waals surface area contributed by atoms with Gasteiger partial charge < -0.3 is 48.0 Å². The SMILES string of the molecule is COc1cn([C@@H]2O[C@H](COP(=O)([O-])CP(=O)([O-])[O-])[C@@H](O)[C@H]2O)c(=O)[nH]c1=O.[Na+].[Na+].[Na+]. The van der Waals surface area contributed by atoms with Crippen molar-refractivity contribution in [2.75, 3.05) is 19.6 Å². The van der Waals surface area contributed by atoms with Crippen molar-refractivity contribution in [2.24, 2.45) is 0 Å². The average molecular weight is 498 g/mol. The van der Waals surface area contributed by atoms with Gasteiger partial charge in [0.15, 0.2) is 6.23 Å².